The maximum Gasteiger partial charge on any atom is 0.271 e. The highest BCUT2D eigenvalue weighted by atomic mass is 32.1. The average molecular weight is 338 g/mol. The van der Waals surface area contributed by atoms with Crippen molar-refractivity contribution in [3.8, 4) is 11.3 Å². The first kappa shape index (κ1) is 14.3. The molecule has 0 saturated heterocycles. The summed E-state index contributed by atoms with van der Waals surface area (Å²) in [5.41, 5.74) is 1.08. The molecule has 0 saturated carbocycles. The molecule has 1 aromatic carbocycles. The van der Waals surface area contributed by atoms with Gasteiger partial charge in [0.25, 0.3) is 11.5 Å². The number of carbonyl (C=O) groups excluding carboxylic acids is 1. The monoisotopic (exact) mass is 338 g/mol. The molecular weight excluding hydrogens is 328 g/mol. The Labute approximate surface area is 139 Å². The molecule has 0 bridgehead atoms. The number of carbonyl (C=O) groups is 1. The summed E-state index contributed by atoms with van der Waals surface area (Å²) in [4.78, 5) is 29.8. The van der Waals surface area contributed by atoms with E-state index in [1.165, 1.54) is 34.3 Å². The highest BCUT2D eigenvalue weighted by Gasteiger charge is 2.17. The van der Waals surface area contributed by atoms with Crippen LogP contribution in [0.3, 0.4) is 0 Å². The molecule has 1 N–H and O–H groups in total. The normalized spacial score (nSPS) is 10.8. The maximum absolute atomic E-state index is 12.8. The smallest absolute Gasteiger partial charge is 0.271 e. The van der Waals surface area contributed by atoms with E-state index in [1.807, 2.05) is 35.7 Å². The molecule has 118 valence electrons. The molecule has 7 nitrogen and oxygen atoms in total. The van der Waals surface area contributed by atoms with Gasteiger partial charge in [0.15, 0.2) is 10.8 Å². The van der Waals surface area contributed by atoms with Crippen LogP contribution < -0.4 is 10.9 Å². The fourth-order valence-electron chi connectivity index (χ4n) is 2.32. The molecule has 0 aliphatic heterocycles. The van der Waals surface area contributed by atoms with Crippen molar-refractivity contribution in [1.82, 2.24) is 14.5 Å². The summed E-state index contributed by atoms with van der Waals surface area (Å²) in [7, 11) is 0. The third-order valence-corrected chi connectivity index (χ3v) is 4.28. The third-order valence-electron chi connectivity index (χ3n) is 3.44. The van der Waals surface area contributed by atoms with Gasteiger partial charge in [0.05, 0.1) is 5.69 Å². The minimum Gasteiger partial charge on any atom is -0.363 e. The summed E-state index contributed by atoms with van der Waals surface area (Å²) in [6, 6.07) is 11.0. The van der Waals surface area contributed by atoms with E-state index in [-0.39, 0.29) is 11.4 Å². The summed E-state index contributed by atoms with van der Waals surface area (Å²) >= 11 is 1.34. The van der Waals surface area contributed by atoms with E-state index in [4.69, 9.17) is 0 Å². The number of rotatable bonds is 3. The van der Waals surface area contributed by atoms with Gasteiger partial charge < -0.3 is 9.84 Å². The van der Waals surface area contributed by atoms with Gasteiger partial charge in [0.2, 0.25) is 0 Å². The number of benzene rings is 1. The molecule has 0 fully saturated rings. The van der Waals surface area contributed by atoms with E-state index < -0.39 is 11.5 Å². The zero-order valence-electron chi connectivity index (χ0n) is 12.2. The fraction of sp³-hybridized carbons (Fsp3) is 0. The molecule has 8 heteroatoms. The number of hydrogen-bond donors (Lipinski definition) is 1. The van der Waals surface area contributed by atoms with Crippen molar-refractivity contribution in [1.29, 1.82) is 0 Å². The first-order valence-electron chi connectivity index (χ1n) is 7.00. The second-order valence-electron chi connectivity index (χ2n) is 4.92. The van der Waals surface area contributed by atoms with E-state index in [0.717, 1.165) is 5.56 Å². The Bertz CT molecular complexity index is 1070. The molecule has 0 aliphatic rings. The van der Waals surface area contributed by atoms with Crippen LogP contribution in [0.2, 0.25) is 0 Å². The highest BCUT2D eigenvalue weighted by molar-refractivity contribution is 7.15. The van der Waals surface area contributed by atoms with Crippen LogP contribution in [-0.2, 0) is 0 Å². The van der Waals surface area contributed by atoms with Gasteiger partial charge in [-0.3, -0.25) is 14.0 Å². The third kappa shape index (κ3) is 2.38. The Morgan fingerprint density at radius 1 is 1.21 bits per heavy atom. The van der Waals surface area contributed by atoms with Crippen LogP contribution in [0.25, 0.3) is 16.2 Å². The molecule has 4 aromatic rings. The lowest BCUT2D eigenvalue weighted by Gasteiger charge is -2.04. The molecule has 0 spiro atoms. The van der Waals surface area contributed by atoms with Crippen LogP contribution in [0.4, 0.5) is 5.82 Å². The van der Waals surface area contributed by atoms with Gasteiger partial charge in [0.1, 0.15) is 11.8 Å². The lowest BCUT2D eigenvalue weighted by atomic mass is 10.2. The largest absolute Gasteiger partial charge is 0.363 e. The summed E-state index contributed by atoms with van der Waals surface area (Å²) in [5.74, 6) is -0.348. The molecule has 4 rings (SSSR count). The maximum atomic E-state index is 12.8. The number of nitrogens with zero attached hydrogens (tertiary/aromatic N) is 3. The Morgan fingerprint density at radius 3 is 2.79 bits per heavy atom. The summed E-state index contributed by atoms with van der Waals surface area (Å²) < 4.78 is 6.10. The molecule has 0 atom stereocenters. The van der Waals surface area contributed by atoms with Crippen molar-refractivity contribution in [2.75, 3.05) is 5.32 Å². The van der Waals surface area contributed by atoms with Gasteiger partial charge in [-0.25, -0.2) is 4.98 Å². The van der Waals surface area contributed by atoms with Crippen molar-refractivity contribution in [3.05, 3.63) is 70.2 Å². The van der Waals surface area contributed by atoms with Gasteiger partial charge in [-0.15, -0.1) is 11.3 Å². The predicted molar refractivity (Wildman–Crippen MR) is 89.2 cm³/mol. The van der Waals surface area contributed by atoms with Crippen molar-refractivity contribution < 1.29 is 9.32 Å². The predicted octanol–water partition coefficient (Wildman–Crippen LogP) is 2.66. The Morgan fingerprint density at radius 2 is 2.04 bits per heavy atom. The molecule has 0 radical (unpaired) electrons. The minimum atomic E-state index is -0.582. The van der Waals surface area contributed by atoms with Crippen LogP contribution in [0.5, 0.6) is 0 Å². The standard InChI is InChI=1S/C16H10N4O3S/c21-14(18-13-6-7-23-19-13)11-8-17-16-20(15(11)22)12(9-24-16)10-4-2-1-3-5-10/h1-9H,(H,18,19,21). The van der Waals surface area contributed by atoms with E-state index >= 15 is 0 Å². The molecule has 3 heterocycles. The minimum absolute atomic E-state index is 0.0638. The van der Waals surface area contributed by atoms with Crippen molar-refractivity contribution >= 4 is 28.0 Å². The number of aromatic nitrogens is 3. The van der Waals surface area contributed by atoms with E-state index in [1.54, 1.807) is 0 Å². The first-order chi connectivity index (χ1) is 11.7. The van der Waals surface area contributed by atoms with Crippen LogP contribution in [0, 0.1) is 0 Å². The molecule has 0 unspecified atom stereocenters. The summed E-state index contributed by atoms with van der Waals surface area (Å²) in [6.45, 7) is 0. The zero-order valence-corrected chi connectivity index (χ0v) is 13.0. The van der Waals surface area contributed by atoms with Crippen LogP contribution in [-0.4, -0.2) is 20.4 Å². The SMILES string of the molecule is O=C(Nc1ccon1)c1cnc2scc(-c3ccccc3)n2c1=O. The number of anilines is 1. The Hall–Kier alpha value is -3.26. The number of amides is 1. The lowest BCUT2D eigenvalue weighted by molar-refractivity contribution is 0.102. The van der Waals surface area contributed by atoms with E-state index in [2.05, 4.69) is 20.0 Å². The van der Waals surface area contributed by atoms with Gasteiger partial charge in [0, 0.05) is 17.6 Å². The fourth-order valence-corrected chi connectivity index (χ4v) is 3.18. The van der Waals surface area contributed by atoms with Crippen molar-refractivity contribution in [2.45, 2.75) is 0 Å². The van der Waals surface area contributed by atoms with Gasteiger partial charge in [-0.05, 0) is 5.56 Å². The average Bonchev–Trinajstić information content (AvgIpc) is 3.25. The lowest BCUT2D eigenvalue weighted by Crippen LogP contribution is -2.26. The van der Waals surface area contributed by atoms with Crippen LogP contribution in [0.15, 0.2) is 63.6 Å². The van der Waals surface area contributed by atoms with Gasteiger partial charge in [-0.1, -0.05) is 35.5 Å². The quantitative estimate of drug-likeness (QED) is 0.620. The zero-order chi connectivity index (χ0) is 16.5. The van der Waals surface area contributed by atoms with Crippen molar-refractivity contribution in [3.63, 3.8) is 0 Å². The highest BCUT2D eigenvalue weighted by Crippen LogP contribution is 2.23. The van der Waals surface area contributed by atoms with E-state index in [9.17, 15) is 9.59 Å². The number of hydrogen-bond acceptors (Lipinski definition) is 6. The molecule has 3 aromatic heterocycles. The number of nitrogens with one attached hydrogen (secondary N) is 1. The first-order valence-corrected chi connectivity index (χ1v) is 7.88. The summed E-state index contributed by atoms with van der Waals surface area (Å²) in [6.07, 6.45) is 2.61. The number of thiazole rings is 1. The van der Waals surface area contributed by atoms with Crippen LogP contribution >= 0.6 is 11.3 Å². The van der Waals surface area contributed by atoms with Crippen LogP contribution in [0.1, 0.15) is 10.4 Å². The Kier molecular flexibility index (Phi) is 3.43. The second-order valence-corrected chi connectivity index (χ2v) is 5.76. The number of fused-ring (bicyclic) bond motifs is 1. The van der Waals surface area contributed by atoms with Gasteiger partial charge >= 0.3 is 0 Å². The van der Waals surface area contributed by atoms with Gasteiger partial charge in [-0.2, -0.15) is 0 Å². The molecule has 1 amide bonds. The second kappa shape index (κ2) is 5.74. The van der Waals surface area contributed by atoms with E-state index in [0.29, 0.717) is 10.7 Å². The topological polar surface area (TPSA) is 89.5 Å². The molecular formula is C16H10N4O3S. The van der Waals surface area contributed by atoms with Crippen molar-refractivity contribution in [2.24, 2.45) is 0 Å². The Balaban J connectivity index is 1.83. The molecule has 24 heavy (non-hydrogen) atoms. The molecule has 0 aliphatic carbocycles. The summed E-state index contributed by atoms with van der Waals surface area (Å²) in [5, 5.41) is 7.94.